The van der Waals surface area contributed by atoms with Crippen LogP contribution in [0.2, 0.25) is 0 Å². The standard InChI is InChI=1S/C16H20N2O5/c1-10(19)17-12-4-6-18(7-5-13(12)20)16(21)11-2-3-14-15(8-11)23-9-22-14/h2-3,8,12-13,20H,4-7,9H2,1H3,(H,17,19)/t12-,13-/m0/s1. The number of nitrogens with zero attached hydrogens (tertiary/aromatic N) is 1. The molecule has 0 bridgehead atoms. The molecule has 0 saturated carbocycles. The van der Waals surface area contributed by atoms with Crippen molar-refractivity contribution in [3.8, 4) is 11.5 Å². The summed E-state index contributed by atoms with van der Waals surface area (Å²) in [5, 5.41) is 12.8. The molecule has 0 aliphatic carbocycles. The highest BCUT2D eigenvalue weighted by atomic mass is 16.7. The lowest BCUT2D eigenvalue weighted by Gasteiger charge is -2.21. The predicted molar refractivity (Wildman–Crippen MR) is 81.3 cm³/mol. The zero-order valence-electron chi connectivity index (χ0n) is 12.9. The maximum atomic E-state index is 12.6. The molecule has 0 aromatic heterocycles. The monoisotopic (exact) mass is 320 g/mol. The summed E-state index contributed by atoms with van der Waals surface area (Å²) in [6.45, 7) is 2.52. The van der Waals surface area contributed by atoms with Crippen molar-refractivity contribution in [2.24, 2.45) is 0 Å². The summed E-state index contributed by atoms with van der Waals surface area (Å²) in [6, 6.07) is 4.80. The van der Waals surface area contributed by atoms with Crippen LogP contribution >= 0.6 is 0 Å². The molecule has 7 nitrogen and oxygen atoms in total. The Kier molecular flexibility index (Phi) is 4.38. The Bertz CT molecular complexity index is 618. The highest BCUT2D eigenvalue weighted by Gasteiger charge is 2.28. The van der Waals surface area contributed by atoms with Crippen molar-refractivity contribution in [1.29, 1.82) is 0 Å². The van der Waals surface area contributed by atoms with Crippen LogP contribution in [0.15, 0.2) is 18.2 Å². The van der Waals surface area contributed by atoms with Gasteiger partial charge in [0.1, 0.15) is 0 Å². The molecule has 1 fully saturated rings. The number of likely N-dealkylation sites (tertiary alicyclic amines) is 1. The first-order valence-electron chi connectivity index (χ1n) is 7.68. The number of hydrogen-bond donors (Lipinski definition) is 2. The average molecular weight is 320 g/mol. The van der Waals surface area contributed by atoms with Gasteiger partial charge in [0, 0.05) is 25.6 Å². The van der Waals surface area contributed by atoms with Gasteiger partial charge in [-0.2, -0.15) is 0 Å². The lowest BCUT2D eigenvalue weighted by molar-refractivity contribution is -0.120. The quantitative estimate of drug-likeness (QED) is 0.829. The molecule has 2 N–H and O–H groups in total. The molecule has 1 aromatic carbocycles. The zero-order chi connectivity index (χ0) is 16.4. The molecule has 2 atom stereocenters. The molecule has 0 unspecified atom stereocenters. The van der Waals surface area contributed by atoms with Crippen molar-refractivity contribution < 1.29 is 24.2 Å². The topological polar surface area (TPSA) is 88.1 Å². The highest BCUT2D eigenvalue weighted by Crippen LogP contribution is 2.33. The molecule has 23 heavy (non-hydrogen) atoms. The molecular formula is C16H20N2O5. The van der Waals surface area contributed by atoms with E-state index in [9.17, 15) is 14.7 Å². The summed E-state index contributed by atoms with van der Waals surface area (Å²) in [5.41, 5.74) is 0.529. The minimum absolute atomic E-state index is 0.112. The fourth-order valence-electron chi connectivity index (χ4n) is 2.93. The van der Waals surface area contributed by atoms with Crippen LogP contribution in [0.5, 0.6) is 11.5 Å². The van der Waals surface area contributed by atoms with E-state index in [1.807, 2.05) is 0 Å². The van der Waals surface area contributed by atoms with Crippen molar-refractivity contribution in [1.82, 2.24) is 10.2 Å². The van der Waals surface area contributed by atoms with Gasteiger partial charge in [0.25, 0.3) is 5.91 Å². The second-order valence-corrected chi connectivity index (χ2v) is 5.81. The summed E-state index contributed by atoms with van der Waals surface area (Å²) >= 11 is 0. The minimum Gasteiger partial charge on any atom is -0.454 e. The molecule has 1 aromatic rings. The van der Waals surface area contributed by atoms with Gasteiger partial charge in [0.15, 0.2) is 11.5 Å². The van der Waals surface area contributed by atoms with Crippen LogP contribution < -0.4 is 14.8 Å². The lowest BCUT2D eigenvalue weighted by atomic mass is 10.1. The van der Waals surface area contributed by atoms with Gasteiger partial charge in [-0.1, -0.05) is 0 Å². The predicted octanol–water partition coefficient (Wildman–Crippen LogP) is 0.517. The van der Waals surface area contributed by atoms with Crippen LogP contribution in [0.4, 0.5) is 0 Å². The highest BCUT2D eigenvalue weighted by molar-refractivity contribution is 5.95. The maximum absolute atomic E-state index is 12.6. The maximum Gasteiger partial charge on any atom is 0.253 e. The number of rotatable bonds is 2. The molecule has 7 heteroatoms. The van der Waals surface area contributed by atoms with E-state index in [0.29, 0.717) is 43.0 Å². The van der Waals surface area contributed by atoms with Crippen molar-refractivity contribution >= 4 is 11.8 Å². The summed E-state index contributed by atoms with van der Waals surface area (Å²) < 4.78 is 10.5. The van der Waals surface area contributed by atoms with Crippen LogP contribution in [-0.2, 0) is 4.79 Å². The van der Waals surface area contributed by atoms with Gasteiger partial charge >= 0.3 is 0 Å². The number of benzene rings is 1. The first-order valence-corrected chi connectivity index (χ1v) is 7.68. The van der Waals surface area contributed by atoms with E-state index in [2.05, 4.69) is 5.32 Å². The van der Waals surface area contributed by atoms with Gasteiger partial charge in [-0.25, -0.2) is 0 Å². The summed E-state index contributed by atoms with van der Waals surface area (Å²) in [5.74, 6) is 0.920. The molecule has 1 saturated heterocycles. The largest absolute Gasteiger partial charge is 0.454 e. The third-order valence-electron chi connectivity index (χ3n) is 4.16. The second-order valence-electron chi connectivity index (χ2n) is 5.81. The van der Waals surface area contributed by atoms with Crippen LogP contribution in [0.25, 0.3) is 0 Å². The molecule has 3 rings (SSSR count). The number of amides is 2. The van der Waals surface area contributed by atoms with Crippen LogP contribution in [-0.4, -0.2) is 53.8 Å². The Morgan fingerprint density at radius 3 is 2.74 bits per heavy atom. The van der Waals surface area contributed by atoms with Crippen molar-refractivity contribution in [2.75, 3.05) is 19.9 Å². The number of hydrogen-bond acceptors (Lipinski definition) is 5. The molecule has 124 valence electrons. The molecule has 0 spiro atoms. The lowest BCUT2D eigenvalue weighted by Crippen LogP contribution is -2.42. The van der Waals surface area contributed by atoms with Crippen molar-refractivity contribution in [3.05, 3.63) is 23.8 Å². The second kappa shape index (κ2) is 6.45. The Hall–Kier alpha value is -2.28. The average Bonchev–Trinajstić information content (AvgIpc) is 2.92. The van der Waals surface area contributed by atoms with Gasteiger partial charge < -0.3 is 24.8 Å². The van der Waals surface area contributed by atoms with Gasteiger partial charge in [0.05, 0.1) is 12.1 Å². The van der Waals surface area contributed by atoms with Gasteiger partial charge in [-0.15, -0.1) is 0 Å². The van der Waals surface area contributed by atoms with E-state index >= 15 is 0 Å². The number of aliphatic hydroxyl groups excluding tert-OH is 1. The Morgan fingerprint density at radius 2 is 1.96 bits per heavy atom. The SMILES string of the molecule is CC(=O)N[C@H]1CCN(C(=O)c2ccc3c(c2)OCO3)CC[C@@H]1O. The normalized spacial score (nSPS) is 23.3. The molecule has 2 amide bonds. The number of carbonyl (C=O) groups is 2. The first-order chi connectivity index (χ1) is 11.0. The number of aliphatic hydroxyl groups is 1. The van der Waals surface area contributed by atoms with E-state index in [1.54, 1.807) is 23.1 Å². The van der Waals surface area contributed by atoms with Gasteiger partial charge in [0.2, 0.25) is 12.7 Å². The van der Waals surface area contributed by atoms with Crippen LogP contribution in [0.3, 0.4) is 0 Å². The van der Waals surface area contributed by atoms with E-state index in [-0.39, 0.29) is 24.6 Å². The molecule has 0 radical (unpaired) electrons. The number of nitrogens with one attached hydrogen (secondary N) is 1. The fraction of sp³-hybridized carbons (Fsp3) is 0.500. The molecule has 2 heterocycles. The summed E-state index contributed by atoms with van der Waals surface area (Å²) in [4.78, 5) is 25.5. The minimum atomic E-state index is -0.645. The van der Waals surface area contributed by atoms with E-state index < -0.39 is 6.10 Å². The van der Waals surface area contributed by atoms with Gasteiger partial charge in [-0.05, 0) is 31.0 Å². The number of carbonyl (C=O) groups excluding carboxylic acids is 2. The third-order valence-corrected chi connectivity index (χ3v) is 4.16. The van der Waals surface area contributed by atoms with Crippen molar-refractivity contribution in [3.63, 3.8) is 0 Å². The number of fused-ring (bicyclic) bond motifs is 1. The summed E-state index contributed by atoms with van der Waals surface area (Å²) in [6.07, 6.45) is 0.312. The molecule has 2 aliphatic rings. The van der Waals surface area contributed by atoms with Crippen LogP contribution in [0.1, 0.15) is 30.1 Å². The van der Waals surface area contributed by atoms with Crippen LogP contribution in [0, 0.1) is 0 Å². The Labute approximate surface area is 134 Å². The molecule has 2 aliphatic heterocycles. The Morgan fingerprint density at radius 1 is 1.22 bits per heavy atom. The molecular weight excluding hydrogens is 300 g/mol. The van der Waals surface area contributed by atoms with Crippen molar-refractivity contribution in [2.45, 2.75) is 31.9 Å². The smallest absolute Gasteiger partial charge is 0.253 e. The fourth-order valence-corrected chi connectivity index (χ4v) is 2.93. The summed E-state index contributed by atoms with van der Waals surface area (Å²) in [7, 11) is 0. The Balaban J connectivity index is 1.69. The number of ether oxygens (including phenoxy) is 2. The van der Waals surface area contributed by atoms with E-state index in [0.717, 1.165) is 0 Å². The van der Waals surface area contributed by atoms with Gasteiger partial charge in [-0.3, -0.25) is 9.59 Å². The third kappa shape index (κ3) is 3.39. The first kappa shape index (κ1) is 15.6. The van der Waals surface area contributed by atoms with E-state index in [4.69, 9.17) is 9.47 Å². The van der Waals surface area contributed by atoms with E-state index in [1.165, 1.54) is 6.92 Å². The zero-order valence-corrected chi connectivity index (χ0v) is 12.9.